The number of likely N-dealkylation sites (tertiary alicyclic amines) is 1. The SMILES string of the molecule is CC(C(=O)NCc1cccc(CN2CCCCC2)c1)N(c1cccc(Cl)c1)S(C)(=O)=O. The van der Waals surface area contributed by atoms with Crippen LogP contribution in [0.2, 0.25) is 5.02 Å². The number of nitrogens with one attached hydrogen (secondary N) is 1. The van der Waals surface area contributed by atoms with Gasteiger partial charge in [0.05, 0.1) is 11.9 Å². The molecule has 168 valence electrons. The van der Waals surface area contributed by atoms with Gasteiger partial charge in [0.2, 0.25) is 15.9 Å². The van der Waals surface area contributed by atoms with Gasteiger partial charge in [-0.05, 0) is 62.2 Å². The van der Waals surface area contributed by atoms with E-state index in [2.05, 4.69) is 22.3 Å². The Balaban J connectivity index is 1.65. The van der Waals surface area contributed by atoms with Crippen LogP contribution in [0.1, 0.15) is 37.3 Å². The average Bonchev–Trinajstić information content (AvgIpc) is 2.72. The molecule has 1 N–H and O–H groups in total. The smallest absolute Gasteiger partial charge is 0.243 e. The fourth-order valence-corrected chi connectivity index (χ4v) is 5.32. The molecule has 0 saturated carbocycles. The highest BCUT2D eigenvalue weighted by Crippen LogP contribution is 2.24. The summed E-state index contributed by atoms with van der Waals surface area (Å²) in [5, 5.41) is 3.28. The first-order valence-electron chi connectivity index (χ1n) is 10.6. The molecule has 0 bridgehead atoms. The third-order valence-electron chi connectivity index (χ3n) is 5.46. The molecule has 31 heavy (non-hydrogen) atoms. The average molecular weight is 464 g/mol. The lowest BCUT2D eigenvalue weighted by Crippen LogP contribution is -2.47. The first-order valence-corrected chi connectivity index (χ1v) is 12.8. The van der Waals surface area contributed by atoms with Crippen molar-refractivity contribution in [2.45, 2.75) is 45.3 Å². The number of nitrogens with zero attached hydrogens (tertiary/aromatic N) is 2. The minimum absolute atomic E-state index is 0.337. The lowest BCUT2D eigenvalue weighted by molar-refractivity contribution is -0.122. The Morgan fingerprint density at radius 2 is 1.77 bits per heavy atom. The number of halogens is 1. The molecular formula is C23H30ClN3O3S. The Morgan fingerprint density at radius 1 is 1.10 bits per heavy atom. The van der Waals surface area contributed by atoms with Gasteiger partial charge in [0.25, 0.3) is 0 Å². The molecule has 0 aromatic heterocycles. The van der Waals surface area contributed by atoms with Crippen LogP contribution in [0.15, 0.2) is 48.5 Å². The van der Waals surface area contributed by atoms with Gasteiger partial charge in [0.1, 0.15) is 6.04 Å². The summed E-state index contributed by atoms with van der Waals surface area (Å²) in [6, 6.07) is 13.7. The van der Waals surface area contributed by atoms with E-state index in [9.17, 15) is 13.2 Å². The van der Waals surface area contributed by atoms with E-state index < -0.39 is 16.1 Å². The zero-order valence-corrected chi connectivity index (χ0v) is 19.6. The van der Waals surface area contributed by atoms with Crippen molar-refractivity contribution in [1.82, 2.24) is 10.2 Å². The number of benzene rings is 2. The van der Waals surface area contributed by atoms with Gasteiger partial charge >= 0.3 is 0 Å². The number of carbonyl (C=O) groups excluding carboxylic acids is 1. The molecule has 1 fully saturated rings. The predicted molar refractivity (Wildman–Crippen MR) is 126 cm³/mol. The van der Waals surface area contributed by atoms with Crippen LogP contribution < -0.4 is 9.62 Å². The van der Waals surface area contributed by atoms with Gasteiger partial charge in [-0.15, -0.1) is 0 Å². The summed E-state index contributed by atoms with van der Waals surface area (Å²) in [6.45, 7) is 5.08. The van der Waals surface area contributed by atoms with Crippen LogP contribution in [0.25, 0.3) is 0 Å². The van der Waals surface area contributed by atoms with Gasteiger partial charge in [-0.3, -0.25) is 14.0 Å². The molecule has 0 spiro atoms. The summed E-state index contributed by atoms with van der Waals surface area (Å²) in [4.78, 5) is 15.3. The van der Waals surface area contributed by atoms with Crippen molar-refractivity contribution < 1.29 is 13.2 Å². The molecule has 1 amide bonds. The predicted octanol–water partition coefficient (Wildman–Crippen LogP) is 3.80. The molecule has 6 nitrogen and oxygen atoms in total. The third kappa shape index (κ3) is 6.69. The quantitative estimate of drug-likeness (QED) is 0.646. The highest BCUT2D eigenvalue weighted by Gasteiger charge is 2.29. The second-order valence-electron chi connectivity index (χ2n) is 8.09. The van der Waals surface area contributed by atoms with Gasteiger partial charge in [-0.1, -0.05) is 48.4 Å². The second-order valence-corrected chi connectivity index (χ2v) is 10.4. The molecule has 0 aliphatic carbocycles. The van der Waals surface area contributed by atoms with Crippen molar-refractivity contribution in [3.05, 3.63) is 64.7 Å². The number of piperidine rings is 1. The molecule has 1 saturated heterocycles. The highest BCUT2D eigenvalue weighted by molar-refractivity contribution is 7.92. The van der Waals surface area contributed by atoms with Crippen LogP contribution in [0, 0.1) is 0 Å². The van der Waals surface area contributed by atoms with Crippen LogP contribution in [0.4, 0.5) is 5.69 Å². The normalized spacial score (nSPS) is 16.0. The summed E-state index contributed by atoms with van der Waals surface area (Å²) in [5.41, 5.74) is 2.57. The molecule has 8 heteroatoms. The maximum Gasteiger partial charge on any atom is 0.243 e. The Hall–Kier alpha value is -2.09. The van der Waals surface area contributed by atoms with E-state index in [0.717, 1.165) is 35.8 Å². The molecule has 1 aliphatic heterocycles. The van der Waals surface area contributed by atoms with Crippen molar-refractivity contribution in [1.29, 1.82) is 0 Å². The van der Waals surface area contributed by atoms with Gasteiger partial charge in [-0.25, -0.2) is 8.42 Å². The number of carbonyl (C=O) groups is 1. The van der Waals surface area contributed by atoms with Gasteiger partial charge in [0, 0.05) is 18.1 Å². The Morgan fingerprint density at radius 3 is 2.45 bits per heavy atom. The fraction of sp³-hybridized carbons (Fsp3) is 0.435. The second kappa shape index (κ2) is 10.5. The van der Waals surface area contributed by atoms with Crippen molar-refractivity contribution in [3.8, 4) is 0 Å². The van der Waals surface area contributed by atoms with E-state index in [1.807, 2.05) is 12.1 Å². The summed E-state index contributed by atoms with van der Waals surface area (Å²) in [5.74, 6) is -0.369. The molecule has 0 radical (unpaired) electrons. The number of anilines is 1. The number of amides is 1. The minimum Gasteiger partial charge on any atom is -0.350 e. The third-order valence-corrected chi connectivity index (χ3v) is 6.94. The molecule has 1 aliphatic rings. The number of hydrogen-bond donors (Lipinski definition) is 1. The van der Waals surface area contributed by atoms with Gasteiger partial charge in [-0.2, -0.15) is 0 Å². The summed E-state index contributed by atoms with van der Waals surface area (Å²) >= 11 is 6.02. The molecule has 1 unspecified atom stereocenters. The van der Waals surface area contributed by atoms with Crippen LogP contribution in [-0.4, -0.2) is 44.6 Å². The van der Waals surface area contributed by atoms with Crippen LogP contribution in [-0.2, 0) is 27.9 Å². The number of hydrogen-bond acceptors (Lipinski definition) is 4. The topological polar surface area (TPSA) is 69.7 Å². The van der Waals surface area contributed by atoms with Crippen LogP contribution in [0.5, 0.6) is 0 Å². The van der Waals surface area contributed by atoms with Crippen molar-refractivity contribution >= 4 is 33.2 Å². The summed E-state index contributed by atoms with van der Waals surface area (Å²) in [7, 11) is -3.68. The first kappa shape index (κ1) is 23.6. The fourth-order valence-electron chi connectivity index (χ4n) is 3.97. The van der Waals surface area contributed by atoms with Gasteiger partial charge < -0.3 is 5.32 Å². The molecule has 1 atom stereocenters. The molecule has 2 aromatic rings. The summed E-state index contributed by atoms with van der Waals surface area (Å²) < 4.78 is 25.9. The molecular weight excluding hydrogens is 434 g/mol. The summed E-state index contributed by atoms with van der Waals surface area (Å²) in [6.07, 6.45) is 4.89. The Kier molecular flexibility index (Phi) is 7.97. The lowest BCUT2D eigenvalue weighted by atomic mass is 10.1. The van der Waals surface area contributed by atoms with E-state index in [1.54, 1.807) is 25.1 Å². The maximum absolute atomic E-state index is 12.8. The molecule has 2 aromatic carbocycles. The standard InChI is InChI=1S/C23H30ClN3O3S/c1-18(27(31(2,29)30)22-11-7-10-21(24)15-22)23(28)25-16-19-8-6-9-20(14-19)17-26-12-4-3-5-13-26/h6-11,14-15,18H,3-5,12-13,16-17H2,1-2H3,(H,25,28). The van der Waals surface area contributed by atoms with Crippen molar-refractivity contribution in [3.63, 3.8) is 0 Å². The van der Waals surface area contributed by atoms with E-state index in [-0.39, 0.29) is 5.91 Å². The Bertz CT molecular complexity index is 1010. The number of rotatable bonds is 8. The zero-order chi connectivity index (χ0) is 22.4. The van der Waals surface area contributed by atoms with Crippen molar-refractivity contribution in [2.75, 3.05) is 23.7 Å². The van der Waals surface area contributed by atoms with Gasteiger partial charge in [0.15, 0.2) is 0 Å². The lowest BCUT2D eigenvalue weighted by Gasteiger charge is -2.28. The highest BCUT2D eigenvalue weighted by atomic mass is 35.5. The van der Waals surface area contributed by atoms with Crippen LogP contribution in [0.3, 0.4) is 0 Å². The Labute approximate surface area is 190 Å². The van der Waals surface area contributed by atoms with E-state index in [4.69, 9.17) is 11.6 Å². The minimum atomic E-state index is -3.68. The number of sulfonamides is 1. The van der Waals surface area contributed by atoms with E-state index >= 15 is 0 Å². The first-order chi connectivity index (χ1) is 14.7. The maximum atomic E-state index is 12.8. The van der Waals surface area contributed by atoms with E-state index in [0.29, 0.717) is 17.3 Å². The molecule has 1 heterocycles. The van der Waals surface area contributed by atoms with Crippen LogP contribution >= 0.6 is 11.6 Å². The molecule has 3 rings (SSSR count). The monoisotopic (exact) mass is 463 g/mol. The van der Waals surface area contributed by atoms with Crippen molar-refractivity contribution in [2.24, 2.45) is 0 Å². The largest absolute Gasteiger partial charge is 0.350 e. The zero-order valence-electron chi connectivity index (χ0n) is 18.1. The van der Waals surface area contributed by atoms with E-state index in [1.165, 1.54) is 30.9 Å².